The first-order chi connectivity index (χ1) is 11.7. The molecule has 2 aromatic rings. The molecule has 2 aromatic carbocycles. The number of hydrogen-bond donors (Lipinski definition) is 0. The van der Waals surface area contributed by atoms with Crippen LogP contribution < -0.4 is 0 Å². The van der Waals surface area contributed by atoms with E-state index in [1.165, 1.54) is 22.3 Å². The highest BCUT2D eigenvalue weighted by Gasteiger charge is 2.39. The average Bonchev–Trinajstić information content (AvgIpc) is 2.78. The van der Waals surface area contributed by atoms with Gasteiger partial charge in [-0.3, -0.25) is 0 Å². The van der Waals surface area contributed by atoms with Crippen LogP contribution in [0.5, 0.6) is 0 Å². The number of methoxy groups -OCH3 is 1. The highest BCUT2D eigenvalue weighted by molar-refractivity contribution is 5.78. The fourth-order valence-corrected chi connectivity index (χ4v) is 4.13. The lowest BCUT2D eigenvalue weighted by Gasteiger charge is -2.39. The summed E-state index contributed by atoms with van der Waals surface area (Å²) in [4.78, 5) is 0. The predicted octanol–water partition coefficient (Wildman–Crippen LogP) is 5.58. The summed E-state index contributed by atoms with van der Waals surface area (Å²) < 4.78 is 5.39. The first kappa shape index (κ1) is 15.0. The van der Waals surface area contributed by atoms with E-state index in [0.717, 1.165) is 12.2 Å². The van der Waals surface area contributed by atoms with E-state index in [1.807, 2.05) is 0 Å². The summed E-state index contributed by atoms with van der Waals surface area (Å²) in [7, 11) is 1.73. The van der Waals surface area contributed by atoms with Crippen LogP contribution in [0.1, 0.15) is 35.6 Å². The molecular weight excluding hydrogens is 292 g/mol. The summed E-state index contributed by atoms with van der Waals surface area (Å²) in [5, 5.41) is 0. The first-order valence-corrected chi connectivity index (χ1v) is 8.53. The maximum absolute atomic E-state index is 5.39. The second-order valence-electron chi connectivity index (χ2n) is 6.72. The van der Waals surface area contributed by atoms with Gasteiger partial charge in [0.05, 0.1) is 7.11 Å². The van der Waals surface area contributed by atoms with Crippen molar-refractivity contribution in [2.24, 2.45) is 5.92 Å². The lowest BCUT2D eigenvalue weighted by Crippen LogP contribution is -2.34. The Kier molecular flexibility index (Phi) is 3.65. The fraction of sp³-hybridized carbons (Fsp3) is 0.217. The second kappa shape index (κ2) is 5.83. The predicted molar refractivity (Wildman–Crippen MR) is 101 cm³/mol. The van der Waals surface area contributed by atoms with Crippen molar-refractivity contribution in [3.05, 3.63) is 94.8 Å². The molecule has 0 radical (unpaired) electrons. The molecular formula is C23H22O. The van der Waals surface area contributed by atoms with Gasteiger partial charge < -0.3 is 4.74 Å². The molecule has 120 valence electrons. The van der Waals surface area contributed by atoms with E-state index in [-0.39, 0.29) is 5.41 Å². The van der Waals surface area contributed by atoms with E-state index in [2.05, 4.69) is 85.8 Å². The van der Waals surface area contributed by atoms with Crippen LogP contribution in [-0.2, 0) is 10.2 Å². The van der Waals surface area contributed by atoms with Gasteiger partial charge in [-0.05, 0) is 46.7 Å². The smallest absolute Gasteiger partial charge is 0.114 e. The normalized spacial score (nSPS) is 20.6. The molecule has 0 aromatic heterocycles. The number of fused-ring (bicyclic) bond motifs is 2. The molecule has 4 rings (SSSR count). The molecule has 2 aliphatic carbocycles. The van der Waals surface area contributed by atoms with Gasteiger partial charge in [0.2, 0.25) is 0 Å². The maximum atomic E-state index is 5.39. The molecule has 2 aliphatic rings. The van der Waals surface area contributed by atoms with Gasteiger partial charge in [-0.2, -0.15) is 0 Å². The number of hydrogen-bond acceptors (Lipinski definition) is 1. The summed E-state index contributed by atoms with van der Waals surface area (Å²) in [6.45, 7) is 2.39. The van der Waals surface area contributed by atoms with Crippen LogP contribution >= 0.6 is 0 Å². The van der Waals surface area contributed by atoms with Crippen molar-refractivity contribution in [2.45, 2.75) is 18.8 Å². The number of allylic oxidation sites excluding steroid dienone is 3. The Balaban J connectivity index is 1.92. The third-order valence-electron chi connectivity index (χ3n) is 5.53. The quantitative estimate of drug-likeness (QED) is 0.703. The highest BCUT2D eigenvalue weighted by atomic mass is 16.5. The number of benzene rings is 2. The molecule has 0 heterocycles. The van der Waals surface area contributed by atoms with E-state index in [9.17, 15) is 0 Å². The van der Waals surface area contributed by atoms with Gasteiger partial charge in [0, 0.05) is 5.41 Å². The molecule has 0 fully saturated rings. The Morgan fingerprint density at radius 1 is 0.875 bits per heavy atom. The van der Waals surface area contributed by atoms with Crippen LogP contribution in [0, 0.1) is 5.92 Å². The molecule has 1 atom stereocenters. The summed E-state index contributed by atoms with van der Waals surface area (Å²) in [5.41, 5.74) is 5.35. The zero-order valence-electron chi connectivity index (χ0n) is 14.2. The Morgan fingerprint density at radius 3 is 1.96 bits per heavy atom. The molecule has 0 aliphatic heterocycles. The van der Waals surface area contributed by atoms with Gasteiger partial charge in [-0.1, -0.05) is 73.7 Å². The van der Waals surface area contributed by atoms with E-state index in [0.29, 0.717) is 5.92 Å². The molecule has 0 spiro atoms. The van der Waals surface area contributed by atoms with E-state index in [4.69, 9.17) is 4.74 Å². The third kappa shape index (κ3) is 2.24. The molecule has 1 nitrogen and oxygen atoms in total. The van der Waals surface area contributed by atoms with Gasteiger partial charge in [0.25, 0.3) is 0 Å². The summed E-state index contributed by atoms with van der Waals surface area (Å²) in [5.74, 6) is 1.36. The lowest BCUT2D eigenvalue weighted by molar-refractivity contribution is 0.296. The minimum absolute atomic E-state index is 0.0665. The highest BCUT2D eigenvalue weighted by Crippen LogP contribution is 2.47. The topological polar surface area (TPSA) is 9.23 Å². The molecule has 24 heavy (non-hydrogen) atoms. The van der Waals surface area contributed by atoms with Crippen molar-refractivity contribution in [1.82, 2.24) is 0 Å². The van der Waals surface area contributed by atoms with Crippen molar-refractivity contribution >= 4 is 12.2 Å². The summed E-state index contributed by atoms with van der Waals surface area (Å²) >= 11 is 0. The van der Waals surface area contributed by atoms with E-state index < -0.39 is 0 Å². The molecule has 0 N–H and O–H groups in total. The molecule has 0 bridgehead atoms. The average molecular weight is 314 g/mol. The van der Waals surface area contributed by atoms with Crippen molar-refractivity contribution in [2.75, 3.05) is 7.11 Å². The molecule has 1 heteroatoms. The van der Waals surface area contributed by atoms with Crippen molar-refractivity contribution in [3.63, 3.8) is 0 Å². The van der Waals surface area contributed by atoms with Crippen molar-refractivity contribution in [1.29, 1.82) is 0 Å². The Morgan fingerprint density at radius 2 is 1.46 bits per heavy atom. The van der Waals surface area contributed by atoms with E-state index >= 15 is 0 Å². The number of rotatable bonds is 2. The Hall–Kier alpha value is -2.54. The van der Waals surface area contributed by atoms with Crippen LogP contribution in [0.3, 0.4) is 0 Å². The van der Waals surface area contributed by atoms with Gasteiger partial charge >= 0.3 is 0 Å². The Labute approximate surface area is 144 Å². The fourth-order valence-electron chi connectivity index (χ4n) is 4.13. The number of ether oxygens (including phenoxy) is 1. The summed E-state index contributed by atoms with van der Waals surface area (Å²) in [6.07, 6.45) is 12.1. The van der Waals surface area contributed by atoms with Gasteiger partial charge in [0.1, 0.15) is 5.76 Å². The molecule has 0 saturated heterocycles. The van der Waals surface area contributed by atoms with Gasteiger partial charge in [-0.25, -0.2) is 0 Å². The van der Waals surface area contributed by atoms with Crippen molar-refractivity contribution < 1.29 is 4.74 Å². The molecule has 0 amide bonds. The van der Waals surface area contributed by atoms with Crippen LogP contribution in [0.25, 0.3) is 12.2 Å². The van der Waals surface area contributed by atoms with Crippen LogP contribution in [-0.4, -0.2) is 7.11 Å². The largest absolute Gasteiger partial charge is 0.497 e. The maximum Gasteiger partial charge on any atom is 0.114 e. The van der Waals surface area contributed by atoms with Crippen molar-refractivity contribution in [3.8, 4) is 0 Å². The zero-order chi connectivity index (χ0) is 16.6. The SMILES string of the molecule is COC1=CCC(C2(C)c3ccccc3C=Cc3ccccc32)C=C1. The minimum Gasteiger partial charge on any atom is -0.497 e. The summed E-state index contributed by atoms with van der Waals surface area (Å²) in [6, 6.07) is 17.6. The van der Waals surface area contributed by atoms with Crippen LogP contribution in [0.2, 0.25) is 0 Å². The van der Waals surface area contributed by atoms with Crippen LogP contribution in [0.4, 0.5) is 0 Å². The molecule has 0 saturated carbocycles. The Bertz CT molecular complexity index is 804. The van der Waals surface area contributed by atoms with Gasteiger partial charge in [0.15, 0.2) is 0 Å². The zero-order valence-corrected chi connectivity index (χ0v) is 14.2. The minimum atomic E-state index is -0.0665. The molecule has 1 unspecified atom stereocenters. The van der Waals surface area contributed by atoms with Gasteiger partial charge in [-0.15, -0.1) is 0 Å². The first-order valence-electron chi connectivity index (χ1n) is 8.53. The second-order valence-corrected chi connectivity index (χ2v) is 6.72. The monoisotopic (exact) mass is 314 g/mol. The third-order valence-corrected chi connectivity index (χ3v) is 5.53. The lowest BCUT2D eigenvalue weighted by atomic mass is 9.64. The van der Waals surface area contributed by atoms with E-state index in [1.54, 1.807) is 7.11 Å². The van der Waals surface area contributed by atoms with Crippen LogP contribution in [0.15, 0.2) is 72.5 Å². The standard InChI is InChI=1S/C23H22O/c1-23(19-13-15-20(24-2)16-14-19)21-9-5-3-7-17(21)11-12-18-8-4-6-10-22(18)23/h3-13,15-16,19H,14H2,1-2H3.